The Morgan fingerprint density at radius 1 is 1.25 bits per heavy atom. The lowest BCUT2D eigenvalue weighted by Crippen LogP contribution is -2.46. The van der Waals surface area contributed by atoms with Crippen molar-refractivity contribution in [1.29, 1.82) is 0 Å². The van der Waals surface area contributed by atoms with Gasteiger partial charge < -0.3 is 15.3 Å². The zero-order valence-corrected chi connectivity index (χ0v) is 17.5. The van der Waals surface area contributed by atoms with Gasteiger partial charge in [-0.2, -0.15) is 0 Å². The fourth-order valence-electron chi connectivity index (χ4n) is 4.63. The van der Waals surface area contributed by atoms with Gasteiger partial charge in [0.1, 0.15) is 16.1 Å². The van der Waals surface area contributed by atoms with E-state index in [1.165, 1.54) is 23.1 Å². The van der Waals surface area contributed by atoms with E-state index in [4.69, 9.17) is 0 Å². The number of thiophene rings is 1. The fourth-order valence-corrected chi connectivity index (χ4v) is 5.94. The van der Waals surface area contributed by atoms with Crippen LogP contribution >= 0.6 is 11.3 Å². The lowest BCUT2D eigenvalue weighted by molar-refractivity contribution is -0.126. The van der Waals surface area contributed by atoms with Crippen molar-refractivity contribution in [3.05, 3.63) is 82.3 Å². The molecule has 0 saturated heterocycles. The van der Waals surface area contributed by atoms with Crippen molar-refractivity contribution in [3.8, 4) is 11.1 Å². The number of rotatable bonds is 4. The number of carboxylic acid groups (broad SMARTS) is 1. The number of anilines is 2. The van der Waals surface area contributed by atoms with Crippen LogP contribution in [0.1, 0.15) is 26.5 Å². The second-order valence-corrected chi connectivity index (χ2v) is 8.70. The van der Waals surface area contributed by atoms with Gasteiger partial charge in [0.2, 0.25) is 11.8 Å². The third-order valence-electron chi connectivity index (χ3n) is 5.87. The van der Waals surface area contributed by atoms with Crippen LogP contribution in [-0.2, 0) is 15.0 Å². The third kappa shape index (κ3) is 2.66. The van der Waals surface area contributed by atoms with E-state index in [0.717, 1.165) is 11.3 Å². The summed E-state index contributed by atoms with van der Waals surface area (Å²) in [6.45, 7) is 3.88. The van der Waals surface area contributed by atoms with E-state index in [-0.39, 0.29) is 17.8 Å². The number of benzene rings is 2. The Labute approximate surface area is 186 Å². The van der Waals surface area contributed by atoms with Crippen LogP contribution in [0.25, 0.3) is 11.1 Å². The van der Waals surface area contributed by atoms with Crippen LogP contribution in [0.2, 0.25) is 0 Å². The monoisotopic (exact) mass is 448 g/mol. The van der Waals surface area contributed by atoms with E-state index >= 15 is 0 Å². The molecular formula is C24H17FN2O4S. The standard InChI is InChI=1S/C24H17FN2O4S/c1-2-10-27-16-9-8-14(25)11-15(16)24(23(27)31)12-17(28)26-19-18(13-6-4-3-5-7-13)20(22(29)30)32-21(19)24/h2-9,11H,1,10,12H2,(H,26,28)(H,29,30). The molecule has 3 heterocycles. The molecule has 2 aliphatic rings. The molecule has 1 aromatic heterocycles. The van der Waals surface area contributed by atoms with Crippen LogP contribution in [0.5, 0.6) is 0 Å². The molecule has 2 aromatic carbocycles. The molecule has 8 heteroatoms. The molecule has 0 fully saturated rings. The largest absolute Gasteiger partial charge is 0.477 e. The normalized spacial score (nSPS) is 19.0. The van der Waals surface area contributed by atoms with E-state index in [1.807, 2.05) is 0 Å². The maximum atomic E-state index is 14.3. The summed E-state index contributed by atoms with van der Waals surface area (Å²) in [4.78, 5) is 40.8. The van der Waals surface area contributed by atoms with Gasteiger partial charge in [0.05, 0.1) is 17.0 Å². The van der Waals surface area contributed by atoms with Crippen molar-refractivity contribution >= 4 is 40.5 Å². The van der Waals surface area contributed by atoms with Gasteiger partial charge in [-0.3, -0.25) is 9.59 Å². The topological polar surface area (TPSA) is 86.7 Å². The summed E-state index contributed by atoms with van der Waals surface area (Å²) < 4.78 is 14.3. The Morgan fingerprint density at radius 3 is 2.69 bits per heavy atom. The molecule has 2 aliphatic heterocycles. The molecule has 2 amide bonds. The van der Waals surface area contributed by atoms with Crippen LogP contribution in [0, 0.1) is 5.82 Å². The number of amides is 2. The molecule has 0 saturated carbocycles. The molecule has 1 unspecified atom stereocenters. The average molecular weight is 448 g/mol. The van der Waals surface area contributed by atoms with Crippen molar-refractivity contribution in [1.82, 2.24) is 0 Å². The summed E-state index contributed by atoms with van der Waals surface area (Å²) in [5, 5.41) is 12.7. The highest BCUT2D eigenvalue weighted by atomic mass is 32.1. The molecule has 3 aromatic rings. The molecule has 0 aliphatic carbocycles. The van der Waals surface area contributed by atoms with E-state index < -0.39 is 29.0 Å². The van der Waals surface area contributed by atoms with Crippen LogP contribution in [0.15, 0.2) is 61.2 Å². The Hall–Kier alpha value is -3.78. The van der Waals surface area contributed by atoms with Crippen LogP contribution in [-0.4, -0.2) is 29.4 Å². The predicted molar refractivity (Wildman–Crippen MR) is 120 cm³/mol. The van der Waals surface area contributed by atoms with Gasteiger partial charge >= 0.3 is 5.97 Å². The van der Waals surface area contributed by atoms with E-state index in [0.29, 0.717) is 32.9 Å². The van der Waals surface area contributed by atoms with Crippen molar-refractivity contribution in [2.24, 2.45) is 0 Å². The molecule has 1 atom stereocenters. The molecule has 1 spiro atoms. The van der Waals surface area contributed by atoms with Gasteiger partial charge in [-0.1, -0.05) is 36.4 Å². The highest BCUT2D eigenvalue weighted by molar-refractivity contribution is 7.15. The molecule has 32 heavy (non-hydrogen) atoms. The van der Waals surface area contributed by atoms with E-state index in [1.54, 1.807) is 36.4 Å². The van der Waals surface area contributed by atoms with E-state index in [9.17, 15) is 23.9 Å². The van der Waals surface area contributed by atoms with Crippen LogP contribution < -0.4 is 10.2 Å². The fraction of sp³-hybridized carbons (Fsp3) is 0.125. The maximum Gasteiger partial charge on any atom is 0.346 e. The number of hydrogen-bond donors (Lipinski definition) is 2. The van der Waals surface area contributed by atoms with Crippen molar-refractivity contribution in [3.63, 3.8) is 0 Å². The number of carboxylic acids is 1. The van der Waals surface area contributed by atoms with Gasteiger partial charge in [0.25, 0.3) is 0 Å². The third-order valence-corrected chi connectivity index (χ3v) is 7.21. The summed E-state index contributed by atoms with van der Waals surface area (Å²) in [5.41, 5.74) is 0.590. The first-order valence-electron chi connectivity index (χ1n) is 9.87. The first-order valence-corrected chi connectivity index (χ1v) is 10.7. The highest BCUT2D eigenvalue weighted by Gasteiger charge is 2.57. The smallest absolute Gasteiger partial charge is 0.346 e. The number of fused-ring (bicyclic) bond motifs is 4. The number of nitrogens with one attached hydrogen (secondary N) is 1. The molecular weight excluding hydrogens is 431 g/mol. The molecule has 160 valence electrons. The van der Waals surface area contributed by atoms with Gasteiger partial charge in [0, 0.05) is 23.4 Å². The minimum Gasteiger partial charge on any atom is -0.477 e. The Kier molecular flexibility index (Phi) is 4.49. The number of hydrogen-bond acceptors (Lipinski definition) is 4. The lowest BCUT2D eigenvalue weighted by atomic mass is 9.74. The first kappa shape index (κ1) is 20.1. The molecule has 0 radical (unpaired) electrons. The summed E-state index contributed by atoms with van der Waals surface area (Å²) in [5.74, 6) is -2.54. The van der Waals surface area contributed by atoms with E-state index in [2.05, 4.69) is 11.9 Å². The minimum absolute atomic E-state index is 0.00991. The Bertz CT molecular complexity index is 1320. The second-order valence-electron chi connectivity index (χ2n) is 7.68. The summed E-state index contributed by atoms with van der Waals surface area (Å²) in [6.07, 6.45) is 1.32. The number of carbonyl (C=O) groups excluding carboxylic acids is 2. The van der Waals surface area contributed by atoms with Crippen molar-refractivity contribution < 1.29 is 23.9 Å². The number of halogens is 1. The van der Waals surface area contributed by atoms with Crippen molar-refractivity contribution in [2.45, 2.75) is 11.8 Å². The first-order chi connectivity index (χ1) is 15.4. The molecule has 2 N–H and O–H groups in total. The van der Waals surface area contributed by atoms with Gasteiger partial charge in [0.15, 0.2) is 0 Å². The summed E-state index contributed by atoms with van der Waals surface area (Å²) >= 11 is 0.946. The molecule has 0 bridgehead atoms. The van der Waals surface area contributed by atoms with Gasteiger partial charge in [-0.25, -0.2) is 9.18 Å². The second kappa shape index (κ2) is 7.13. The number of carbonyl (C=O) groups is 3. The minimum atomic E-state index is -1.50. The Morgan fingerprint density at radius 2 is 2.00 bits per heavy atom. The highest BCUT2D eigenvalue weighted by Crippen LogP contribution is 2.57. The zero-order chi connectivity index (χ0) is 22.6. The zero-order valence-electron chi connectivity index (χ0n) is 16.7. The molecule has 6 nitrogen and oxygen atoms in total. The predicted octanol–water partition coefficient (Wildman–Crippen LogP) is 4.41. The van der Waals surface area contributed by atoms with Crippen LogP contribution in [0.4, 0.5) is 15.8 Å². The quantitative estimate of drug-likeness (QED) is 0.579. The number of nitrogens with zero attached hydrogens (tertiary/aromatic N) is 1. The number of aromatic carboxylic acids is 1. The van der Waals surface area contributed by atoms with Gasteiger partial charge in [-0.05, 0) is 23.8 Å². The van der Waals surface area contributed by atoms with Crippen molar-refractivity contribution in [2.75, 3.05) is 16.8 Å². The maximum absolute atomic E-state index is 14.3. The molecule has 5 rings (SSSR count). The van der Waals surface area contributed by atoms with Gasteiger partial charge in [-0.15, -0.1) is 17.9 Å². The van der Waals surface area contributed by atoms with Crippen LogP contribution in [0.3, 0.4) is 0 Å². The summed E-state index contributed by atoms with van der Waals surface area (Å²) in [7, 11) is 0. The lowest BCUT2D eigenvalue weighted by Gasteiger charge is -2.32. The SMILES string of the molecule is C=CCN1C(=O)C2(CC(=O)Nc3c2sc(C(=O)O)c3-c2ccccc2)c2cc(F)ccc21. The summed E-state index contributed by atoms with van der Waals surface area (Å²) in [6, 6.07) is 12.9. The average Bonchev–Trinajstić information content (AvgIpc) is 3.26. The Balaban J connectivity index is 1.86.